The normalized spacial score (nSPS) is 18.0. The lowest BCUT2D eigenvalue weighted by molar-refractivity contribution is 0.194. The van der Waals surface area contributed by atoms with Crippen LogP contribution < -0.4 is 10.1 Å². The van der Waals surface area contributed by atoms with Crippen molar-refractivity contribution < 1.29 is 9.13 Å². The summed E-state index contributed by atoms with van der Waals surface area (Å²) >= 11 is 0. The number of anilines is 2. The molecule has 5 heterocycles. The number of nitrogens with zero attached hydrogens (tertiary/aromatic N) is 8. The maximum Gasteiger partial charge on any atom is 0.246 e. The van der Waals surface area contributed by atoms with Gasteiger partial charge in [-0.1, -0.05) is 0 Å². The van der Waals surface area contributed by atoms with Crippen molar-refractivity contribution >= 4 is 22.7 Å². The van der Waals surface area contributed by atoms with Crippen LogP contribution in [0.2, 0.25) is 0 Å². The van der Waals surface area contributed by atoms with Gasteiger partial charge in [0, 0.05) is 30.2 Å². The first kappa shape index (κ1) is 21.8. The van der Waals surface area contributed by atoms with E-state index in [4.69, 9.17) is 4.74 Å². The monoisotopic (exact) mass is 475 g/mol. The van der Waals surface area contributed by atoms with Gasteiger partial charge in [-0.25, -0.2) is 24.3 Å². The Morgan fingerprint density at radius 2 is 1.86 bits per heavy atom. The van der Waals surface area contributed by atoms with Crippen molar-refractivity contribution in [2.75, 3.05) is 25.5 Å². The van der Waals surface area contributed by atoms with Crippen molar-refractivity contribution in [2.24, 2.45) is 0 Å². The van der Waals surface area contributed by atoms with Gasteiger partial charge in [-0.15, -0.1) is 0 Å². The number of hydrogen-bond acceptors (Lipinski definition) is 9. The number of pyridine rings is 1. The highest BCUT2D eigenvalue weighted by atomic mass is 19.1. The van der Waals surface area contributed by atoms with Crippen LogP contribution in [0.15, 0.2) is 37.2 Å². The highest BCUT2D eigenvalue weighted by Gasteiger charge is 2.41. The lowest BCUT2D eigenvalue weighted by Crippen LogP contribution is -2.31. The summed E-state index contributed by atoms with van der Waals surface area (Å²) in [7, 11) is 2.14. The van der Waals surface area contributed by atoms with E-state index in [-0.39, 0.29) is 11.3 Å². The van der Waals surface area contributed by atoms with Gasteiger partial charge in [-0.3, -0.25) is 4.68 Å². The van der Waals surface area contributed by atoms with Crippen molar-refractivity contribution in [3.8, 4) is 17.1 Å². The second-order valence-electron chi connectivity index (χ2n) is 9.59. The number of halogens is 1. The van der Waals surface area contributed by atoms with Gasteiger partial charge in [-0.05, 0) is 52.7 Å². The minimum atomic E-state index is -0.518. The molecule has 2 aliphatic rings. The van der Waals surface area contributed by atoms with Crippen LogP contribution in [0.3, 0.4) is 0 Å². The van der Waals surface area contributed by atoms with Crippen LogP contribution in [0.4, 0.5) is 16.0 Å². The van der Waals surface area contributed by atoms with E-state index in [2.05, 4.69) is 47.3 Å². The predicted octanol–water partition coefficient (Wildman–Crippen LogP) is 3.76. The Kier molecular flexibility index (Phi) is 5.28. The second kappa shape index (κ2) is 8.49. The zero-order valence-corrected chi connectivity index (χ0v) is 19.6. The van der Waals surface area contributed by atoms with E-state index in [1.807, 2.05) is 17.8 Å². The summed E-state index contributed by atoms with van der Waals surface area (Å²) in [5, 5.41) is 7.75. The number of rotatable bonds is 6. The highest BCUT2D eigenvalue weighted by molar-refractivity contribution is 5.83. The molecule has 180 valence electrons. The van der Waals surface area contributed by atoms with Crippen molar-refractivity contribution in [3.05, 3.63) is 43.0 Å². The number of piperidine rings is 1. The van der Waals surface area contributed by atoms with E-state index in [1.165, 1.54) is 24.8 Å². The first-order valence-corrected chi connectivity index (χ1v) is 11.8. The number of aromatic nitrogens is 7. The molecule has 1 N–H and O–H groups in total. The quantitative estimate of drug-likeness (QED) is 0.446. The predicted molar refractivity (Wildman–Crippen MR) is 128 cm³/mol. The molecule has 11 heteroatoms. The van der Waals surface area contributed by atoms with Gasteiger partial charge in [0.15, 0.2) is 11.3 Å². The minimum absolute atomic E-state index is 0.132. The third-order valence-corrected chi connectivity index (χ3v) is 6.64. The summed E-state index contributed by atoms with van der Waals surface area (Å²) in [6, 6.07) is 1.72. The van der Waals surface area contributed by atoms with Crippen molar-refractivity contribution in [1.29, 1.82) is 0 Å². The summed E-state index contributed by atoms with van der Waals surface area (Å²) < 4.78 is 23.2. The van der Waals surface area contributed by atoms with Crippen LogP contribution in [0.1, 0.15) is 38.6 Å². The molecule has 0 bridgehead atoms. The summed E-state index contributed by atoms with van der Waals surface area (Å²) in [4.78, 5) is 23.9. The Balaban J connectivity index is 1.34. The SMILES string of the molecule is CN1CCC(n2cc(Nc3nc(OC4(C)CC4)c4nc(-c5cncnc5)c(F)cc4n3)cn2)CC1. The number of likely N-dealkylation sites (tertiary alicyclic amines) is 1. The molecule has 4 aromatic heterocycles. The minimum Gasteiger partial charge on any atom is -0.470 e. The van der Waals surface area contributed by atoms with E-state index >= 15 is 4.39 Å². The fraction of sp³-hybridized carbons (Fsp3) is 0.417. The largest absolute Gasteiger partial charge is 0.470 e. The average molecular weight is 476 g/mol. The fourth-order valence-electron chi connectivity index (χ4n) is 4.26. The molecule has 4 aromatic rings. The van der Waals surface area contributed by atoms with Gasteiger partial charge in [0.2, 0.25) is 11.8 Å². The lowest BCUT2D eigenvalue weighted by atomic mass is 10.1. The topological polar surface area (TPSA) is 107 Å². The number of hydrogen-bond donors (Lipinski definition) is 1. The van der Waals surface area contributed by atoms with Crippen LogP contribution in [-0.2, 0) is 0 Å². The standard InChI is InChI=1S/C24H26FN9O/c1-24(5-6-24)35-22-21-19(9-18(25)20(31-21)15-10-26-14-27-11-15)30-23(32-22)29-16-12-28-34(13-16)17-3-7-33(2)8-4-17/h9-14,17H,3-8H2,1-2H3,(H,29,30,32). The van der Waals surface area contributed by atoms with Crippen LogP contribution in [-0.4, -0.2) is 65.3 Å². The zero-order chi connectivity index (χ0) is 24.0. The van der Waals surface area contributed by atoms with Gasteiger partial charge < -0.3 is 15.0 Å². The van der Waals surface area contributed by atoms with E-state index in [0.717, 1.165) is 44.5 Å². The molecule has 10 nitrogen and oxygen atoms in total. The second-order valence-corrected chi connectivity index (χ2v) is 9.59. The molecule has 1 aliphatic heterocycles. The molecule has 0 unspecified atom stereocenters. The average Bonchev–Trinajstić information content (AvgIpc) is 3.39. The first-order valence-electron chi connectivity index (χ1n) is 11.8. The van der Waals surface area contributed by atoms with Crippen LogP contribution in [0.5, 0.6) is 5.88 Å². The van der Waals surface area contributed by atoms with Gasteiger partial charge in [0.1, 0.15) is 23.1 Å². The third-order valence-electron chi connectivity index (χ3n) is 6.64. The molecule has 1 saturated carbocycles. The first-order chi connectivity index (χ1) is 17.0. The van der Waals surface area contributed by atoms with Gasteiger partial charge in [-0.2, -0.15) is 10.1 Å². The number of ether oxygens (including phenoxy) is 1. The van der Waals surface area contributed by atoms with Crippen molar-refractivity contribution in [1.82, 2.24) is 39.6 Å². The van der Waals surface area contributed by atoms with Crippen LogP contribution in [0.25, 0.3) is 22.3 Å². The zero-order valence-electron chi connectivity index (χ0n) is 19.6. The molecular formula is C24H26FN9O. The Morgan fingerprint density at radius 1 is 1.09 bits per heavy atom. The van der Waals surface area contributed by atoms with Crippen LogP contribution in [0, 0.1) is 5.82 Å². The van der Waals surface area contributed by atoms with E-state index < -0.39 is 5.82 Å². The Labute approximate surface area is 201 Å². The number of fused-ring (bicyclic) bond motifs is 1. The van der Waals surface area contributed by atoms with Gasteiger partial charge in [0.25, 0.3) is 0 Å². The molecule has 0 atom stereocenters. The Morgan fingerprint density at radius 3 is 2.60 bits per heavy atom. The molecule has 1 saturated heterocycles. The molecule has 2 fully saturated rings. The van der Waals surface area contributed by atoms with Crippen LogP contribution >= 0.6 is 0 Å². The molecule has 0 amide bonds. The van der Waals surface area contributed by atoms with Gasteiger partial charge >= 0.3 is 0 Å². The molecule has 0 spiro atoms. The maximum atomic E-state index is 15.0. The summed E-state index contributed by atoms with van der Waals surface area (Å²) in [5.74, 6) is 0.102. The van der Waals surface area contributed by atoms with Crippen molar-refractivity contribution in [2.45, 2.75) is 44.2 Å². The molecular weight excluding hydrogens is 449 g/mol. The Bertz CT molecular complexity index is 1360. The van der Waals surface area contributed by atoms with E-state index in [1.54, 1.807) is 6.20 Å². The molecule has 0 radical (unpaired) electrons. The number of nitrogens with one attached hydrogen (secondary N) is 1. The molecule has 1 aliphatic carbocycles. The Hall–Kier alpha value is -3.73. The summed E-state index contributed by atoms with van der Waals surface area (Å²) in [5.41, 5.74) is 1.81. The lowest BCUT2D eigenvalue weighted by Gasteiger charge is -2.28. The molecule has 0 aromatic carbocycles. The summed E-state index contributed by atoms with van der Waals surface area (Å²) in [6.07, 6.45) is 12.1. The fourth-order valence-corrected chi connectivity index (χ4v) is 4.26. The molecule has 35 heavy (non-hydrogen) atoms. The summed E-state index contributed by atoms with van der Waals surface area (Å²) in [6.45, 7) is 4.13. The van der Waals surface area contributed by atoms with E-state index in [9.17, 15) is 0 Å². The smallest absolute Gasteiger partial charge is 0.246 e. The third kappa shape index (κ3) is 4.51. The van der Waals surface area contributed by atoms with Crippen molar-refractivity contribution in [3.63, 3.8) is 0 Å². The maximum absolute atomic E-state index is 15.0. The van der Waals surface area contributed by atoms with Gasteiger partial charge in [0.05, 0.1) is 17.9 Å². The molecule has 6 rings (SSSR count). The highest BCUT2D eigenvalue weighted by Crippen LogP contribution is 2.41. The van der Waals surface area contributed by atoms with E-state index in [0.29, 0.717) is 34.5 Å².